The van der Waals surface area contributed by atoms with Crippen LogP contribution < -0.4 is 0 Å². The first-order valence-electron chi connectivity index (χ1n) is 21.7. The molecule has 64 heavy (non-hydrogen) atoms. The molecule has 14 aromatic rings. The molecule has 5 nitrogen and oxygen atoms in total. The average Bonchev–Trinajstić information content (AvgIpc) is 3.91. The predicted molar refractivity (Wildman–Crippen MR) is 265 cm³/mol. The topological polar surface area (TPSA) is 56.7 Å². The highest BCUT2D eigenvalue weighted by atomic mass is 16.3. The van der Waals surface area contributed by atoms with Crippen molar-refractivity contribution in [1.29, 1.82) is 0 Å². The highest BCUT2D eigenvalue weighted by Gasteiger charge is 2.21. The van der Waals surface area contributed by atoms with E-state index in [-0.39, 0.29) is 0 Å². The summed E-state index contributed by atoms with van der Waals surface area (Å²) >= 11 is 0. The SMILES string of the molecule is c1ccc2cc(-c3nc(-c4ccc5ccc6ccccc6c5c4)nc(-c4cccc5c4oc4ccc6ccc(-n7c8ccccc8c8cc9ccccc9cc87)cc6c45)n3)ccc2c1. The van der Waals surface area contributed by atoms with Gasteiger partial charge in [0.1, 0.15) is 11.2 Å². The van der Waals surface area contributed by atoms with E-state index in [9.17, 15) is 0 Å². The summed E-state index contributed by atoms with van der Waals surface area (Å²) in [6, 6.07) is 73.5. The number of rotatable bonds is 4. The van der Waals surface area contributed by atoms with Gasteiger partial charge >= 0.3 is 0 Å². The molecule has 296 valence electrons. The third-order valence-corrected chi connectivity index (χ3v) is 13.2. The lowest BCUT2D eigenvalue weighted by Crippen LogP contribution is -2.00. The van der Waals surface area contributed by atoms with Gasteiger partial charge in [0, 0.05) is 38.4 Å². The summed E-state index contributed by atoms with van der Waals surface area (Å²) < 4.78 is 9.31. The van der Waals surface area contributed by atoms with Crippen molar-refractivity contribution in [3.05, 3.63) is 206 Å². The van der Waals surface area contributed by atoms with E-state index in [4.69, 9.17) is 19.4 Å². The smallest absolute Gasteiger partial charge is 0.167 e. The molecule has 3 heterocycles. The van der Waals surface area contributed by atoms with E-state index in [1.165, 1.54) is 48.7 Å². The molecule has 5 heteroatoms. The third kappa shape index (κ3) is 5.28. The summed E-state index contributed by atoms with van der Waals surface area (Å²) in [5.74, 6) is 1.76. The van der Waals surface area contributed by atoms with Gasteiger partial charge in [-0.05, 0) is 108 Å². The Hall–Kier alpha value is -8.67. The Morgan fingerprint density at radius 3 is 1.73 bits per heavy atom. The van der Waals surface area contributed by atoms with Crippen LogP contribution in [0.4, 0.5) is 0 Å². The van der Waals surface area contributed by atoms with Crippen LogP contribution in [-0.2, 0) is 0 Å². The van der Waals surface area contributed by atoms with Crippen LogP contribution in [0.25, 0.3) is 137 Å². The van der Waals surface area contributed by atoms with Crippen molar-refractivity contribution >= 4 is 97.6 Å². The number of hydrogen-bond donors (Lipinski definition) is 0. The van der Waals surface area contributed by atoms with Gasteiger partial charge in [-0.25, -0.2) is 15.0 Å². The molecule has 0 aliphatic heterocycles. The molecule has 0 spiro atoms. The van der Waals surface area contributed by atoms with Crippen molar-refractivity contribution < 1.29 is 4.42 Å². The molecule has 0 fully saturated rings. The van der Waals surface area contributed by atoms with Gasteiger partial charge in [-0.3, -0.25) is 0 Å². The minimum Gasteiger partial charge on any atom is -0.455 e. The molecule has 0 amide bonds. The molecular weight excluding hydrogens is 781 g/mol. The fraction of sp³-hybridized carbons (Fsp3) is 0. The average molecular weight is 815 g/mol. The third-order valence-electron chi connectivity index (χ3n) is 13.2. The summed E-state index contributed by atoms with van der Waals surface area (Å²) in [4.78, 5) is 15.7. The molecule has 0 saturated carbocycles. The maximum Gasteiger partial charge on any atom is 0.167 e. The Labute approximate surface area is 366 Å². The van der Waals surface area contributed by atoms with Crippen molar-refractivity contribution in [3.8, 4) is 39.9 Å². The first kappa shape index (κ1) is 35.0. The van der Waals surface area contributed by atoms with Crippen molar-refractivity contribution in [2.75, 3.05) is 0 Å². The second-order valence-corrected chi connectivity index (χ2v) is 16.8. The van der Waals surface area contributed by atoms with E-state index in [0.717, 1.165) is 71.2 Å². The van der Waals surface area contributed by atoms with Crippen LogP contribution in [0.1, 0.15) is 0 Å². The minimum absolute atomic E-state index is 0.554. The van der Waals surface area contributed by atoms with Crippen molar-refractivity contribution in [1.82, 2.24) is 19.5 Å². The van der Waals surface area contributed by atoms with Gasteiger partial charge in [-0.2, -0.15) is 0 Å². The van der Waals surface area contributed by atoms with Crippen LogP contribution in [0, 0.1) is 0 Å². The van der Waals surface area contributed by atoms with E-state index < -0.39 is 0 Å². The zero-order valence-corrected chi connectivity index (χ0v) is 34.3. The normalized spacial score (nSPS) is 12.1. The van der Waals surface area contributed by atoms with Crippen molar-refractivity contribution in [2.45, 2.75) is 0 Å². The number of benzene rings is 11. The van der Waals surface area contributed by atoms with Crippen LogP contribution in [0.5, 0.6) is 0 Å². The highest BCUT2D eigenvalue weighted by molar-refractivity contribution is 6.21. The molecule has 0 saturated heterocycles. The number of hydrogen-bond acceptors (Lipinski definition) is 4. The molecule has 0 N–H and O–H groups in total. The molecule has 0 radical (unpaired) electrons. The quantitative estimate of drug-likeness (QED) is 0.166. The van der Waals surface area contributed by atoms with Gasteiger partial charge in [0.15, 0.2) is 17.5 Å². The number of furan rings is 1. The number of fused-ring (bicyclic) bond motifs is 13. The van der Waals surface area contributed by atoms with Gasteiger partial charge in [-0.15, -0.1) is 0 Å². The molecule has 0 aliphatic carbocycles. The fourth-order valence-corrected chi connectivity index (χ4v) is 10.1. The van der Waals surface area contributed by atoms with Crippen LogP contribution in [0.2, 0.25) is 0 Å². The van der Waals surface area contributed by atoms with E-state index in [0.29, 0.717) is 17.5 Å². The molecule has 0 atom stereocenters. The van der Waals surface area contributed by atoms with Gasteiger partial charge < -0.3 is 8.98 Å². The van der Waals surface area contributed by atoms with Crippen LogP contribution in [0.3, 0.4) is 0 Å². The fourth-order valence-electron chi connectivity index (χ4n) is 10.1. The first-order valence-corrected chi connectivity index (χ1v) is 21.7. The Morgan fingerprint density at radius 1 is 0.328 bits per heavy atom. The molecule has 11 aromatic carbocycles. The monoisotopic (exact) mass is 814 g/mol. The van der Waals surface area contributed by atoms with Crippen LogP contribution in [0.15, 0.2) is 211 Å². The predicted octanol–water partition coefficient (Wildman–Crippen LogP) is 15.6. The maximum atomic E-state index is 6.91. The van der Waals surface area contributed by atoms with Crippen LogP contribution in [-0.4, -0.2) is 19.5 Å². The zero-order chi connectivity index (χ0) is 41.9. The Kier molecular flexibility index (Phi) is 7.33. The van der Waals surface area contributed by atoms with Gasteiger partial charge in [0.2, 0.25) is 0 Å². The minimum atomic E-state index is 0.554. The van der Waals surface area contributed by atoms with E-state index in [1.807, 2.05) is 0 Å². The second-order valence-electron chi connectivity index (χ2n) is 16.8. The summed E-state index contributed by atoms with van der Waals surface area (Å²) in [6.45, 7) is 0. The van der Waals surface area contributed by atoms with Crippen LogP contribution >= 0.6 is 0 Å². The zero-order valence-electron chi connectivity index (χ0n) is 34.3. The van der Waals surface area contributed by atoms with Crippen molar-refractivity contribution in [2.24, 2.45) is 0 Å². The van der Waals surface area contributed by atoms with Gasteiger partial charge in [0.25, 0.3) is 0 Å². The molecular formula is C59H34N4O. The number of nitrogens with zero attached hydrogens (tertiary/aromatic N) is 4. The van der Waals surface area contributed by atoms with E-state index in [1.54, 1.807) is 0 Å². The van der Waals surface area contributed by atoms with E-state index >= 15 is 0 Å². The van der Waals surface area contributed by atoms with Crippen molar-refractivity contribution in [3.63, 3.8) is 0 Å². The Bertz CT molecular complexity index is 4270. The molecule has 3 aromatic heterocycles. The standard InChI is InChI=1S/C59H34N4O/c1-2-12-39-30-42(24-20-35(39)10-1)57-60-58(43-25-23-37-22-21-36-11-5-6-15-45(36)49(37)32-43)62-59(61-57)48-18-9-17-47-55-50-34-44(28-26-38(50)27-29-54(55)64-56(47)48)63-52-19-8-7-16-46(52)51-31-40-13-3-4-14-41(40)33-53(51)63/h1-34H. The first-order chi connectivity index (χ1) is 31.7. The molecule has 0 aliphatic rings. The second kappa shape index (κ2) is 13.4. The maximum absolute atomic E-state index is 6.91. The molecule has 0 bridgehead atoms. The highest BCUT2D eigenvalue weighted by Crippen LogP contribution is 2.42. The number of aromatic nitrogens is 4. The molecule has 14 rings (SSSR count). The summed E-state index contributed by atoms with van der Waals surface area (Å²) in [5, 5.41) is 16.3. The van der Waals surface area contributed by atoms with Gasteiger partial charge in [0.05, 0.1) is 16.6 Å². The van der Waals surface area contributed by atoms with Gasteiger partial charge in [-0.1, -0.05) is 152 Å². The largest absolute Gasteiger partial charge is 0.455 e. The number of para-hydroxylation sites is 2. The summed E-state index contributed by atoms with van der Waals surface area (Å²) in [5.41, 5.74) is 7.65. The Balaban J connectivity index is 0.987. The molecule has 0 unspecified atom stereocenters. The van der Waals surface area contributed by atoms with E-state index in [2.05, 4.69) is 211 Å². The summed E-state index contributed by atoms with van der Waals surface area (Å²) in [6.07, 6.45) is 0. The lowest BCUT2D eigenvalue weighted by Gasteiger charge is -2.11. The lowest BCUT2D eigenvalue weighted by atomic mass is 9.99. The summed E-state index contributed by atoms with van der Waals surface area (Å²) in [7, 11) is 0. The Morgan fingerprint density at radius 2 is 0.906 bits per heavy atom. The lowest BCUT2D eigenvalue weighted by molar-refractivity contribution is 0.670.